The van der Waals surface area contributed by atoms with Crippen LogP contribution in [0.1, 0.15) is 38.0 Å². The molecule has 1 aliphatic rings. The summed E-state index contributed by atoms with van der Waals surface area (Å²) < 4.78 is 19.3. The van der Waals surface area contributed by atoms with Gasteiger partial charge in [-0.1, -0.05) is 18.2 Å². The fraction of sp³-hybridized carbons (Fsp3) is 0.250. The molecule has 0 saturated carbocycles. The number of ether oxygens (including phenoxy) is 1. The summed E-state index contributed by atoms with van der Waals surface area (Å²) in [6, 6.07) is 10.7. The lowest BCUT2D eigenvalue weighted by Gasteiger charge is -2.39. The molecule has 0 radical (unpaired) electrons. The molecule has 4 rings (SSSR count). The molecule has 33 heavy (non-hydrogen) atoms. The molecular weight excluding hydrogens is 429 g/mol. The summed E-state index contributed by atoms with van der Waals surface area (Å²) in [6.07, 6.45) is 1.22. The number of rotatable bonds is 4. The van der Waals surface area contributed by atoms with E-state index in [0.29, 0.717) is 5.56 Å². The quantitative estimate of drug-likeness (QED) is 0.374. The molecular formula is C24H22FN3O5. The first kappa shape index (κ1) is 22.2. The van der Waals surface area contributed by atoms with Crippen molar-refractivity contribution in [1.82, 2.24) is 14.8 Å². The number of H-pyrrole nitrogens is 1. The van der Waals surface area contributed by atoms with Gasteiger partial charge in [0.1, 0.15) is 5.82 Å². The van der Waals surface area contributed by atoms with E-state index in [1.807, 2.05) is 6.07 Å². The van der Waals surface area contributed by atoms with E-state index in [1.54, 1.807) is 36.1 Å². The van der Waals surface area contributed by atoms with Crippen LogP contribution < -0.4 is 0 Å². The van der Waals surface area contributed by atoms with Gasteiger partial charge in [-0.15, -0.1) is 0 Å². The number of piperazine rings is 1. The van der Waals surface area contributed by atoms with Gasteiger partial charge in [0.05, 0.1) is 23.8 Å². The number of benzene rings is 2. The van der Waals surface area contributed by atoms with Gasteiger partial charge in [-0.2, -0.15) is 0 Å². The lowest BCUT2D eigenvalue weighted by atomic mass is 10.0. The van der Waals surface area contributed by atoms with Crippen molar-refractivity contribution < 1.29 is 28.3 Å². The van der Waals surface area contributed by atoms with Gasteiger partial charge >= 0.3 is 5.97 Å². The van der Waals surface area contributed by atoms with Crippen molar-refractivity contribution in [3.05, 3.63) is 71.2 Å². The van der Waals surface area contributed by atoms with Crippen molar-refractivity contribution in [1.29, 1.82) is 0 Å². The van der Waals surface area contributed by atoms with Crippen molar-refractivity contribution in [2.24, 2.45) is 0 Å². The van der Waals surface area contributed by atoms with Crippen LogP contribution in [-0.4, -0.2) is 71.1 Å². The van der Waals surface area contributed by atoms with E-state index < -0.39 is 29.5 Å². The van der Waals surface area contributed by atoms with Crippen LogP contribution in [0.3, 0.4) is 0 Å². The van der Waals surface area contributed by atoms with E-state index in [-0.39, 0.29) is 47.6 Å². The van der Waals surface area contributed by atoms with Gasteiger partial charge in [0.2, 0.25) is 0 Å². The number of amides is 2. The van der Waals surface area contributed by atoms with E-state index in [2.05, 4.69) is 4.98 Å². The Hall–Kier alpha value is -4.01. The molecule has 8 nitrogen and oxygen atoms in total. The zero-order chi connectivity index (χ0) is 23.7. The van der Waals surface area contributed by atoms with Gasteiger partial charge < -0.3 is 19.5 Å². The fourth-order valence-electron chi connectivity index (χ4n) is 4.12. The molecule has 2 amide bonds. The second-order valence-corrected chi connectivity index (χ2v) is 7.83. The van der Waals surface area contributed by atoms with E-state index in [9.17, 15) is 23.6 Å². The number of carbonyl (C=O) groups excluding carboxylic acids is 4. The number of aromatic amines is 1. The predicted molar refractivity (Wildman–Crippen MR) is 117 cm³/mol. The first-order valence-electron chi connectivity index (χ1n) is 10.4. The number of hydrogen-bond donors (Lipinski definition) is 1. The molecule has 1 N–H and O–H groups in total. The van der Waals surface area contributed by atoms with Gasteiger partial charge in [0.15, 0.2) is 0 Å². The molecule has 2 heterocycles. The normalized spacial score (nSPS) is 16.0. The van der Waals surface area contributed by atoms with Crippen molar-refractivity contribution >= 4 is 34.5 Å². The van der Waals surface area contributed by atoms with Crippen molar-refractivity contribution in [2.45, 2.75) is 13.0 Å². The minimum Gasteiger partial charge on any atom is -0.465 e. The minimum atomic E-state index is -0.892. The first-order chi connectivity index (χ1) is 15.8. The number of carbonyl (C=O) groups is 4. The Morgan fingerprint density at radius 2 is 1.76 bits per heavy atom. The second kappa shape index (κ2) is 8.85. The lowest BCUT2D eigenvalue weighted by Crippen LogP contribution is -2.56. The van der Waals surface area contributed by atoms with Gasteiger partial charge in [0.25, 0.3) is 17.6 Å². The molecule has 0 spiro atoms. The fourth-order valence-corrected chi connectivity index (χ4v) is 4.12. The van der Waals surface area contributed by atoms with Crippen molar-refractivity contribution in [3.8, 4) is 0 Å². The third-order valence-electron chi connectivity index (χ3n) is 5.83. The largest absolute Gasteiger partial charge is 0.465 e. The Morgan fingerprint density at radius 3 is 2.42 bits per heavy atom. The van der Waals surface area contributed by atoms with Crippen LogP contribution in [0.5, 0.6) is 0 Å². The average Bonchev–Trinajstić information content (AvgIpc) is 3.29. The summed E-state index contributed by atoms with van der Waals surface area (Å²) in [5.74, 6) is -3.26. The monoisotopic (exact) mass is 451 g/mol. The maximum Gasteiger partial charge on any atom is 0.339 e. The van der Waals surface area contributed by atoms with Crippen molar-refractivity contribution in [2.75, 3.05) is 26.7 Å². The number of nitrogens with zero attached hydrogens (tertiary/aromatic N) is 2. The Balaban J connectivity index is 1.55. The number of halogens is 1. The SMILES string of the molecule is COC(=O)c1ccc(F)c2c(C(=O)C(=O)N3CCN(C(=O)c4ccccc4)C[C@H]3C)c[nH]c12. The predicted octanol–water partition coefficient (Wildman–Crippen LogP) is 2.65. The zero-order valence-corrected chi connectivity index (χ0v) is 18.1. The summed E-state index contributed by atoms with van der Waals surface area (Å²) in [6.45, 7) is 2.46. The number of esters is 1. The maximum atomic E-state index is 14.6. The van der Waals surface area contributed by atoms with E-state index in [1.165, 1.54) is 24.3 Å². The number of nitrogens with one attached hydrogen (secondary N) is 1. The summed E-state index contributed by atoms with van der Waals surface area (Å²) >= 11 is 0. The van der Waals surface area contributed by atoms with Crippen LogP contribution in [0.4, 0.5) is 4.39 Å². The number of methoxy groups -OCH3 is 1. The standard InChI is InChI=1S/C24H22FN3O5/c1-14-13-27(22(30)15-6-4-3-5-7-15)10-11-28(14)23(31)21(29)17-12-26-20-16(24(32)33-2)8-9-18(25)19(17)20/h3-9,12,14,26H,10-11,13H2,1-2H3/t14-/m1/s1. The molecule has 0 bridgehead atoms. The van der Waals surface area contributed by atoms with Crippen LogP contribution in [0.2, 0.25) is 0 Å². The van der Waals surface area contributed by atoms with Crippen LogP contribution in [0.25, 0.3) is 10.9 Å². The van der Waals surface area contributed by atoms with Gasteiger partial charge in [-0.05, 0) is 31.2 Å². The summed E-state index contributed by atoms with van der Waals surface area (Å²) in [4.78, 5) is 56.5. The third-order valence-corrected chi connectivity index (χ3v) is 5.83. The highest BCUT2D eigenvalue weighted by Gasteiger charge is 2.35. The Bertz CT molecular complexity index is 1250. The highest BCUT2D eigenvalue weighted by molar-refractivity contribution is 6.45. The van der Waals surface area contributed by atoms with Crippen LogP contribution in [0, 0.1) is 5.82 Å². The minimum absolute atomic E-state index is 0.0572. The Morgan fingerprint density at radius 1 is 1.03 bits per heavy atom. The molecule has 1 aliphatic heterocycles. The molecule has 1 aromatic heterocycles. The molecule has 1 fully saturated rings. The third kappa shape index (κ3) is 3.97. The summed E-state index contributed by atoms with van der Waals surface area (Å²) in [7, 11) is 1.19. The highest BCUT2D eigenvalue weighted by Crippen LogP contribution is 2.27. The Kier molecular flexibility index (Phi) is 5.95. The van der Waals surface area contributed by atoms with Gasteiger partial charge in [-0.3, -0.25) is 14.4 Å². The van der Waals surface area contributed by atoms with E-state index in [0.717, 1.165) is 6.07 Å². The first-order valence-corrected chi connectivity index (χ1v) is 10.4. The van der Waals surface area contributed by atoms with Crippen LogP contribution in [0.15, 0.2) is 48.7 Å². The number of Topliss-reactive ketones (excluding diaryl/α,β-unsaturated/α-hetero) is 1. The number of ketones is 1. The summed E-state index contributed by atoms with van der Waals surface area (Å²) in [5.41, 5.74) is 0.538. The molecule has 2 aromatic carbocycles. The molecule has 0 aliphatic carbocycles. The van der Waals surface area contributed by atoms with E-state index in [4.69, 9.17) is 4.74 Å². The number of aromatic nitrogens is 1. The zero-order valence-electron chi connectivity index (χ0n) is 18.1. The van der Waals surface area contributed by atoms with Crippen LogP contribution >= 0.6 is 0 Å². The molecule has 1 atom stereocenters. The Labute approximate surface area is 188 Å². The number of hydrogen-bond acceptors (Lipinski definition) is 5. The second-order valence-electron chi connectivity index (χ2n) is 7.83. The lowest BCUT2D eigenvalue weighted by molar-refractivity contribution is -0.130. The maximum absolute atomic E-state index is 14.6. The topological polar surface area (TPSA) is 99.8 Å². The smallest absolute Gasteiger partial charge is 0.339 e. The highest BCUT2D eigenvalue weighted by atomic mass is 19.1. The summed E-state index contributed by atoms with van der Waals surface area (Å²) in [5, 5.41) is -0.137. The molecule has 3 aromatic rings. The molecule has 0 unspecified atom stereocenters. The number of fused-ring (bicyclic) bond motifs is 1. The molecule has 9 heteroatoms. The van der Waals surface area contributed by atoms with Gasteiger partial charge in [-0.25, -0.2) is 9.18 Å². The van der Waals surface area contributed by atoms with Crippen molar-refractivity contribution in [3.63, 3.8) is 0 Å². The van der Waals surface area contributed by atoms with E-state index >= 15 is 0 Å². The van der Waals surface area contributed by atoms with Crippen LogP contribution in [-0.2, 0) is 9.53 Å². The van der Waals surface area contributed by atoms with Gasteiger partial charge in [0, 0.05) is 42.8 Å². The average molecular weight is 451 g/mol. The molecule has 170 valence electrons. The molecule has 1 saturated heterocycles.